The minimum Gasteiger partial charge on any atom is -0.444 e. The lowest BCUT2D eigenvalue weighted by Gasteiger charge is -2.37. The van der Waals surface area contributed by atoms with Crippen LogP contribution in [-0.4, -0.2) is 68.8 Å². The Morgan fingerprint density at radius 3 is 2.41 bits per heavy atom. The van der Waals surface area contributed by atoms with E-state index in [2.05, 4.69) is 36.4 Å². The van der Waals surface area contributed by atoms with Gasteiger partial charge in [0.2, 0.25) is 0 Å². The Bertz CT molecular complexity index is 1330. The van der Waals surface area contributed by atoms with Gasteiger partial charge in [-0.05, 0) is 44.9 Å². The molecule has 0 atom stereocenters. The smallest absolute Gasteiger partial charge is 0.410 e. The van der Waals surface area contributed by atoms with Crippen LogP contribution in [0.1, 0.15) is 69.2 Å². The van der Waals surface area contributed by atoms with Crippen LogP contribution in [0, 0.1) is 6.92 Å². The Balaban J connectivity index is 1.42. The summed E-state index contributed by atoms with van der Waals surface area (Å²) in [5, 5.41) is 6.77. The topological polar surface area (TPSA) is 127 Å². The third kappa shape index (κ3) is 6.90. The predicted octanol–water partition coefficient (Wildman–Crippen LogP) is 4.12. The number of hydrogen-bond donors (Lipinski definition) is 1. The number of amides is 2. The van der Waals surface area contributed by atoms with Crippen molar-refractivity contribution in [2.45, 2.75) is 66.0 Å². The van der Waals surface area contributed by atoms with Crippen molar-refractivity contribution in [3.05, 3.63) is 53.6 Å². The third-order valence-electron chi connectivity index (χ3n) is 6.31. The molecular formula is C28H37N7O4. The van der Waals surface area contributed by atoms with Crippen molar-refractivity contribution in [3.63, 3.8) is 0 Å². The number of nitrogens with one attached hydrogen (secondary N) is 1. The number of benzene rings is 1. The van der Waals surface area contributed by atoms with Gasteiger partial charge >= 0.3 is 17.9 Å². The molecule has 3 aromatic rings. The summed E-state index contributed by atoms with van der Waals surface area (Å²) in [4.78, 5) is 42.0. The lowest BCUT2D eigenvalue weighted by atomic mass is 9.96. The van der Waals surface area contributed by atoms with E-state index in [4.69, 9.17) is 9.26 Å². The molecule has 1 aliphatic rings. The second-order valence-corrected chi connectivity index (χ2v) is 11.7. The lowest BCUT2D eigenvalue weighted by Crippen LogP contribution is -2.50. The number of piperazine rings is 1. The highest BCUT2D eigenvalue weighted by atomic mass is 16.6. The molecule has 3 heterocycles. The van der Waals surface area contributed by atoms with E-state index in [1.165, 1.54) is 6.33 Å². The van der Waals surface area contributed by atoms with Gasteiger partial charge in [0.15, 0.2) is 5.82 Å². The number of nitrogens with zero attached hydrogens (tertiary/aromatic N) is 6. The van der Waals surface area contributed by atoms with Crippen LogP contribution in [0.2, 0.25) is 0 Å². The molecule has 39 heavy (non-hydrogen) atoms. The molecule has 1 fully saturated rings. The predicted molar refractivity (Wildman–Crippen MR) is 146 cm³/mol. The van der Waals surface area contributed by atoms with Gasteiger partial charge in [0, 0.05) is 43.7 Å². The van der Waals surface area contributed by atoms with Gasteiger partial charge in [-0.25, -0.2) is 14.8 Å². The molecule has 1 aliphatic heterocycles. The number of aryl methyl sites for hydroxylation is 1. The maximum absolute atomic E-state index is 12.5. The molecule has 0 radical (unpaired) electrons. The highest BCUT2D eigenvalue weighted by Gasteiger charge is 2.27. The van der Waals surface area contributed by atoms with E-state index in [9.17, 15) is 9.59 Å². The van der Waals surface area contributed by atoms with E-state index in [-0.39, 0.29) is 17.4 Å². The van der Waals surface area contributed by atoms with Crippen molar-refractivity contribution < 1.29 is 18.8 Å². The maximum atomic E-state index is 12.5. The third-order valence-corrected chi connectivity index (χ3v) is 6.31. The van der Waals surface area contributed by atoms with E-state index < -0.39 is 11.5 Å². The normalized spacial score (nSPS) is 14.3. The Morgan fingerprint density at radius 1 is 1.08 bits per heavy atom. The van der Waals surface area contributed by atoms with Crippen molar-refractivity contribution in [3.8, 4) is 11.3 Å². The average Bonchev–Trinajstić information content (AvgIpc) is 3.38. The largest absolute Gasteiger partial charge is 0.444 e. The van der Waals surface area contributed by atoms with Gasteiger partial charge in [0.05, 0.1) is 17.6 Å². The summed E-state index contributed by atoms with van der Waals surface area (Å²) in [5.74, 6) is 0.0248. The summed E-state index contributed by atoms with van der Waals surface area (Å²) in [5.41, 5.74) is 3.81. The van der Waals surface area contributed by atoms with Crippen LogP contribution in [0.3, 0.4) is 0 Å². The zero-order valence-corrected chi connectivity index (χ0v) is 23.7. The quantitative estimate of drug-likeness (QED) is 0.513. The van der Waals surface area contributed by atoms with Gasteiger partial charge < -0.3 is 24.4 Å². The first kappa shape index (κ1) is 28.0. The number of rotatable bonds is 5. The standard InChI is InChI=1S/C28H37N7O4/c1-18-14-19(8-9-20(18)15-30-23(36)24-32-25(33-39-24)27(2,3)4)22-21(16-29-17-31-22)34-10-12-35(13-11-34)26(37)38-28(5,6)7/h8-9,14,16-17H,10-13,15H2,1-7H3,(H,30,36). The Morgan fingerprint density at radius 2 is 1.79 bits per heavy atom. The summed E-state index contributed by atoms with van der Waals surface area (Å²) in [6.07, 6.45) is 3.06. The lowest BCUT2D eigenvalue weighted by molar-refractivity contribution is 0.0240. The van der Waals surface area contributed by atoms with Gasteiger partial charge in [0.25, 0.3) is 0 Å². The zero-order chi connectivity index (χ0) is 28.4. The molecule has 0 spiro atoms. The summed E-state index contributed by atoms with van der Waals surface area (Å²) < 4.78 is 10.7. The molecule has 4 rings (SSSR count). The number of ether oxygens (including phenoxy) is 1. The molecule has 2 amide bonds. The van der Waals surface area contributed by atoms with E-state index >= 15 is 0 Å². The second kappa shape index (κ2) is 11.0. The fraction of sp³-hybridized carbons (Fsp3) is 0.500. The minimum absolute atomic E-state index is 0.0495. The molecule has 0 bridgehead atoms. The molecule has 11 nitrogen and oxygen atoms in total. The van der Waals surface area contributed by atoms with Gasteiger partial charge in [0.1, 0.15) is 11.9 Å². The molecule has 0 unspecified atom stereocenters. The number of anilines is 1. The average molecular weight is 536 g/mol. The summed E-state index contributed by atoms with van der Waals surface area (Å²) >= 11 is 0. The second-order valence-electron chi connectivity index (χ2n) is 11.7. The molecule has 2 aromatic heterocycles. The van der Waals surface area contributed by atoms with Gasteiger partial charge in [-0.2, -0.15) is 4.98 Å². The highest BCUT2D eigenvalue weighted by molar-refractivity contribution is 5.89. The number of hydrogen-bond acceptors (Lipinski definition) is 9. The van der Waals surface area contributed by atoms with Crippen LogP contribution >= 0.6 is 0 Å². The fourth-order valence-electron chi connectivity index (χ4n) is 4.15. The molecule has 1 saturated heterocycles. The summed E-state index contributed by atoms with van der Waals surface area (Å²) in [6.45, 7) is 16.2. The molecule has 0 aliphatic carbocycles. The fourth-order valence-corrected chi connectivity index (χ4v) is 4.15. The first-order valence-electron chi connectivity index (χ1n) is 13.1. The van der Waals surface area contributed by atoms with Crippen molar-refractivity contribution in [1.29, 1.82) is 0 Å². The van der Waals surface area contributed by atoms with E-state index in [0.717, 1.165) is 28.1 Å². The number of carbonyl (C=O) groups excluding carboxylic acids is 2. The van der Waals surface area contributed by atoms with Crippen LogP contribution in [0.4, 0.5) is 10.5 Å². The summed E-state index contributed by atoms with van der Waals surface area (Å²) in [6, 6.07) is 6.02. The van der Waals surface area contributed by atoms with E-state index in [1.54, 1.807) is 4.90 Å². The van der Waals surface area contributed by atoms with Crippen molar-refractivity contribution in [2.75, 3.05) is 31.1 Å². The van der Waals surface area contributed by atoms with Gasteiger partial charge in [-0.1, -0.05) is 38.1 Å². The van der Waals surface area contributed by atoms with Crippen LogP contribution in [0.25, 0.3) is 11.3 Å². The van der Waals surface area contributed by atoms with Crippen molar-refractivity contribution >= 4 is 17.7 Å². The van der Waals surface area contributed by atoms with Crippen LogP contribution in [0.15, 0.2) is 35.2 Å². The van der Waals surface area contributed by atoms with Crippen LogP contribution < -0.4 is 10.2 Å². The van der Waals surface area contributed by atoms with E-state index in [0.29, 0.717) is 38.5 Å². The zero-order valence-electron chi connectivity index (χ0n) is 23.7. The maximum Gasteiger partial charge on any atom is 0.410 e. The molecule has 1 aromatic carbocycles. The minimum atomic E-state index is -0.524. The SMILES string of the molecule is Cc1cc(-c2ncncc2N2CCN(C(=O)OC(C)(C)C)CC2)ccc1CNC(=O)c1nc(C(C)(C)C)no1. The van der Waals surface area contributed by atoms with Crippen molar-refractivity contribution in [1.82, 2.24) is 30.3 Å². The Hall–Kier alpha value is -4.02. The monoisotopic (exact) mass is 535 g/mol. The molecule has 11 heteroatoms. The van der Waals surface area contributed by atoms with Crippen LogP contribution in [-0.2, 0) is 16.7 Å². The first-order valence-corrected chi connectivity index (χ1v) is 13.1. The molecule has 0 saturated carbocycles. The molecule has 208 valence electrons. The Kier molecular flexibility index (Phi) is 7.89. The first-order chi connectivity index (χ1) is 18.3. The summed E-state index contributed by atoms with van der Waals surface area (Å²) in [7, 11) is 0. The van der Waals surface area contributed by atoms with Crippen molar-refractivity contribution in [2.24, 2.45) is 0 Å². The molecule has 1 N–H and O–H groups in total. The van der Waals surface area contributed by atoms with E-state index in [1.807, 2.05) is 66.8 Å². The van der Waals surface area contributed by atoms with Crippen LogP contribution in [0.5, 0.6) is 0 Å². The Labute approximate surface area is 229 Å². The highest BCUT2D eigenvalue weighted by Crippen LogP contribution is 2.30. The molecular weight excluding hydrogens is 498 g/mol. The number of aromatic nitrogens is 4. The number of carbonyl (C=O) groups is 2. The van der Waals surface area contributed by atoms with Gasteiger partial charge in [-0.3, -0.25) is 4.79 Å². The van der Waals surface area contributed by atoms with Gasteiger partial charge in [-0.15, -0.1) is 0 Å².